The first-order valence-corrected chi connectivity index (χ1v) is 8.00. The van der Waals surface area contributed by atoms with Gasteiger partial charge in [-0.3, -0.25) is 0 Å². The van der Waals surface area contributed by atoms with Crippen LogP contribution in [0.4, 0.5) is 0 Å². The Labute approximate surface area is 125 Å². The number of nitrogens with one attached hydrogen (secondary N) is 1. The van der Waals surface area contributed by atoms with E-state index in [1.807, 2.05) is 17.4 Å². The molecule has 0 spiro atoms. The molecule has 1 unspecified atom stereocenters. The second-order valence-corrected chi connectivity index (χ2v) is 6.34. The number of rotatable bonds is 8. The highest BCUT2D eigenvalue weighted by molar-refractivity contribution is 7.11. The third-order valence-electron chi connectivity index (χ3n) is 3.23. The van der Waals surface area contributed by atoms with Crippen molar-refractivity contribution in [1.29, 1.82) is 0 Å². The summed E-state index contributed by atoms with van der Waals surface area (Å²) in [5.74, 6) is 0. The minimum atomic E-state index is 0.177. The molecule has 0 saturated carbocycles. The van der Waals surface area contributed by atoms with Crippen molar-refractivity contribution in [3.05, 3.63) is 57.8 Å². The van der Waals surface area contributed by atoms with Crippen molar-refractivity contribution in [3.8, 4) is 0 Å². The summed E-state index contributed by atoms with van der Waals surface area (Å²) in [6.07, 6.45) is 1.22. The first-order chi connectivity index (χ1) is 9.75. The average molecular weight is 289 g/mol. The molecule has 0 amide bonds. The van der Waals surface area contributed by atoms with E-state index in [1.54, 1.807) is 0 Å². The number of hydrogen-bond donors (Lipinski definition) is 1. The number of ether oxygens (including phenoxy) is 1. The Morgan fingerprint density at radius 3 is 2.65 bits per heavy atom. The molecule has 1 N–H and O–H groups in total. The fraction of sp³-hybridized carbons (Fsp3) is 0.412. The van der Waals surface area contributed by atoms with Crippen LogP contribution in [0, 0.1) is 6.92 Å². The van der Waals surface area contributed by atoms with Gasteiger partial charge in [-0.25, -0.2) is 0 Å². The van der Waals surface area contributed by atoms with Crippen molar-refractivity contribution in [2.24, 2.45) is 0 Å². The average Bonchev–Trinajstić information content (AvgIpc) is 2.89. The smallest absolute Gasteiger partial charge is 0.0796 e. The van der Waals surface area contributed by atoms with Gasteiger partial charge in [0.1, 0.15) is 0 Å². The molecule has 108 valence electrons. The van der Waals surface area contributed by atoms with Crippen LogP contribution in [0.2, 0.25) is 0 Å². The van der Waals surface area contributed by atoms with Gasteiger partial charge in [0.15, 0.2) is 0 Å². The fourth-order valence-corrected chi connectivity index (χ4v) is 2.93. The van der Waals surface area contributed by atoms with Gasteiger partial charge < -0.3 is 10.1 Å². The van der Waals surface area contributed by atoms with E-state index in [2.05, 4.69) is 55.6 Å². The Hall–Kier alpha value is -1.16. The maximum Gasteiger partial charge on any atom is 0.0796 e. The van der Waals surface area contributed by atoms with Crippen LogP contribution >= 0.6 is 11.3 Å². The van der Waals surface area contributed by atoms with Crippen LogP contribution in [0.1, 0.15) is 34.8 Å². The maximum absolute atomic E-state index is 5.85. The first-order valence-electron chi connectivity index (χ1n) is 7.18. The third-order valence-corrected chi connectivity index (χ3v) is 4.23. The standard InChI is InChI=1S/C17H23NOS/c1-14-9-10-17(20-14)13-18-11-6-12-19-15(2)16-7-4-3-5-8-16/h3-5,7-10,15,18H,6,11-13H2,1-2H3. The molecule has 1 aromatic carbocycles. The van der Waals surface area contributed by atoms with Crippen molar-refractivity contribution in [1.82, 2.24) is 5.32 Å². The lowest BCUT2D eigenvalue weighted by molar-refractivity contribution is 0.0641. The predicted octanol–water partition coefficient (Wildman–Crippen LogP) is 4.31. The Bertz CT molecular complexity index is 495. The van der Waals surface area contributed by atoms with Gasteiger partial charge in [0.2, 0.25) is 0 Å². The summed E-state index contributed by atoms with van der Waals surface area (Å²) in [4.78, 5) is 2.78. The minimum Gasteiger partial charge on any atom is -0.374 e. The van der Waals surface area contributed by atoms with Crippen LogP contribution in [0.15, 0.2) is 42.5 Å². The Morgan fingerprint density at radius 2 is 1.95 bits per heavy atom. The lowest BCUT2D eigenvalue weighted by atomic mass is 10.1. The summed E-state index contributed by atoms with van der Waals surface area (Å²) in [7, 11) is 0. The summed E-state index contributed by atoms with van der Waals surface area (Å²) < 4.78 is 5.85. The molecule has 0 aliphatic carbocycles. The van der Waals surface area contributed by atoms with Gasteiger partial charge in [-0.1, -0.05) is 30.3 Å². The van der Waals surface area contributed by atoms with Crippen molar-refractivity contribution in [3.63, 3.8) is 0 Å². The predicted molar refractivity (Wildman–Crippen MR) is 86.2 cm³/mol. The van der Waals surface area contributed by atoms with E-state index in [-0.39, 0.29) is 6.10 Å². The zero-order valence-electron chi connectivity index (χ0n) is 12.3. The fourth-order valence-electron chi connectivity index (χ4n) is 2.07. The Morgan fingerprint density at radius 1 is 1.15 bits per heavy atom. The van der Waals surface area contributed by atoms with Crippen molar-refractivity contribution < 1.29 is 4.74 Å². The van der Waals surface area contributed by atoms with Gasteiger partial charge in [0.25, 0.3) is 0 Å². The normalized spacial score (nSPS) is 12.5. The van der Waals surface area contributed by atoms with Gasteiger partial charge in [0.05, 0.1) is 6.10 Å². The van der Waals surface area contributed by atoms with E-state index in [4.69, 9.17) is 4.74 Å². The molecule has 0 aliphatic heterocycles. The second-order valence-electron chi connectivity index (χ2n) is 4.97. The van der Waals surface area contributed by atoms with Crippen LogP contribution in [-0.2, 0) is 11.3 Å². The molecule has 2 aromatic rings. The number of benzene rings is 1. The van der Waals surface area contributed by atoms with Gasteiger partial charge in [-0.05, 0) is 44.5 Å². The summed E-state index contributed by atoms with van der Waals surface area (Å²) in [5, 5.41) is 3.46. The van der Waals surface area contributed by atoms with E-state index in [0.29, 0.717) is 0 Å². The lowest BCUT2D eigenvalue weighted by Crippen LogP contribution is -2.16. The van der Waals surface area contributed by atoms with Crippen LogP contribution in [-0.4, -0.2) is 13.2 Å². The quantitative estimate of drug-likeness (QED) is 0.731. The van der Waals surface area contributed by atoms with Gasteiger partial charge >= 0.3 is 0 Å². The van der Waals surface area contributed by atoms with Crippen LogP contribution in [0.3, 0.4) is 0 Å². The van der Waals surface area contributed by atoms with E-state index in [1.165, 1.54) is 15.3 Å². The molecule has 0 saturated heterocycles. The van der Waals surface area contributed by atoms with Gasteiger partial charge in [-0.15, -0.1) is 11.3 Å². The van der Waals surface area contributed by atoms with Crippen molar-refractivity contribution >= 4 is 11.3 Å². The first kappa shape index (κ1) is 15.2. The molecule has 0 radical (unpaired) electrons. The monoisotopic (exact) mass is 289 g/mol. The molecule has 0 bridgehead atoms. The van der Waals surface area contributed by atoms with Crippen molar-refractivity contribution in [2.75, 3.05) is 13.2 Å². The molecule has 1 aromatic heterocycles. The highest BCUT2D eigenvalue weighted by Crippen LogP contribution is 2.16. The van der Waals surface area contributed by atoms with Crippen molar-refractivity contribution in [2.45, 2.75) is 32.9 Å². The highest BCUT2D eigenvalue weighted by atomic mass is 32.1. The number of aryl methyl sites for hydroxylation is 1. The minimum absolute atomic E-state index is 0.177. The van der Waals surface area contributed by atoms with Crippen LogP contribution < -0.4 is 5.32 Å². The van der Waals surface area contributed by atoms with E-state index >= 15 is 0 Å². The summed E-state index contributed by atoms with van der Waals surface area (Å²) in [5.41, 5.74) is 1.24. The largest absolute Gasteiger partial charge is 0.374 e. The van der Waals surface area contributed by atoms with E-state index in [0.717, 1.165) is 26.1 Å². The molecule has 1 heterocycles. The second kappa shape index (κ2) is 8.20. The molecule has 3 heteroatoms. The zero-order valence-corrected chi connectivity index (χ0v) is 13.1. The Balaban J connectivity index is 1.55. The molecule has 0 aliphatic rings. The van der Waals surface area contributed by atoms with Crippen LogP contribution in [0.5, 0.6) is 0 Å². The molecule has 2 nitrogen and oxygen atoms in total. The molecule has 2 rings (SSSR count). The Kier molecular flexibility index (Phi) is 6.25. The van der Waals surface area contributed by atoms with E-state index in [9.17, 15) is 0 Å². The molecule has 0 fully saturated rings. The maximum atomic E-state index is 5.85. The molecular weight excluding hydrogens is 266 g/mol. The van der Waals surface area contributed by atoms with Gasteiger partial charge in [0, 0.05) is 22.9 Å². The molecule has 20 heavy (non-hydrogen) atoms. The third kappa shape index (κ3) is 5.08. The van der Waals surface area contributed by atoms with E-state index < -0.39 is 0 Å². The highest BCUT2D eigenvalue weighted by Gasteiger charge is 2.04. The van der Waals surface area contributed by atoms with Gasteiger partial charge in [-0.2, -0.15) is 0 Å². The van der Waals surface area contributed by atoms with Crippen LogP contribution in [0.25, 0.3) is 0 Å². The zero-order chi connectivity index (χ0) is 14.2. The lowest BCUT2D eigenvalue weighted by Gasteiger charge is -2.13. The topological polar surface area (TPSA) is 21.3 Å². The summed E-state index contributed by atoms with van der Waals surface area (Å²) in [6, 6.07) is 14.7. The summed E-state index contributed by atoms with van der Waals surface area (Å²) >= 11 is 1.86. The number of hydrogen-bond acceptors (Lipinski definition) is 3. The molecular formula is C17H23NOS. The summed E-state index contributed by atoms with van der Waals surface area (Å²) in [6.45, 7) is 7.02. The SMILES string of the molecule is Cc1ccc(CNCCCOC(C)c2ccccc2)s1. The molecule has 1 atom stereocenters. The number of thiophene rings is 1.